The van der Waals surface area contributed by atoms with Crippen LogP contribution >= 0.6 is 0 Å². The maximum absolute atomic E-state index is 12.1. The second-order valence-corrected chi connectivity index (χ2v) is 5.61. The zero-order valence-electron chi connectivity index (χ0n) is 11.8. The Bertz CT molecular complexity index is 564. The van der Waals surface area contributed by atoms with E-state index >= 15 is 0 Å². The number of fused-ring (bicyclic) bond motifs is 1. The van der Waals surface area contributed by atoms with Gasteiger partial charge in [-0.3, -0.25) is 9.69 Å². The predicted molar refractivity (Wildman–Crippen MR) is 78.5 cm³/mol. The van der Waals surface area contributed by atoms with Gasteiger partial charge in [0.2, 0.25) is 0 Å². The summed E-state index contributed by atoms with van der Waals surface area (Å²) in [5.41, 5.74) is 0.754. The maximum Gasteiger partial charge on any atom is 0.288 e. The normalized spacial score (nSPS) is 17.4. The third-order valence-corrected chi connectivity index (χ3v) is 3.99. The van der Waals surface area contributed by atoms with E-state index in [1.54, 1.807) is 6.07 Å². The van der Waals surface area contributed by atoms with E-state index in [4.69, 9.17) is 4.42 Å². The van der Waals surface area contributed by atoms with Crippen LogP contribution in [0.5, 0.6) is 0 Å². The van der Waals surface area contributed by atoms with E-state index in [2.05, 4.69) is 17.1 Å². The lowest BCUT2D eigenvalue weighted by molar-refractivity contribution is 0.0880. The van der Waals surface area contributed by atoms with Gasteiger partial charge in [0.25, 0.3) is 5.91 Å². The first-order valence-electron chi connectivity index (χ1n) is 7.21. The number of carbonyl (C=O) groups excluding carboxylic acids is 1. The molecule has 1 N–H and O–H groups in total. The number of hydrogen-bond acceptors (Lipinski definition) is 3. The Morgan fingerprint density at radius 1 is 1.35 bits per heavy atom. The largest absolute Gasteiger partial charge is 0.451 e. The van der Waals surface area contributed by atoms with E-state index in [1.807, 2.05) is 24.3 Å². The summed E-state index contributed by atoms with van der Waals surface area (Å²) in [4.78, 5) is 14.4. The van der Waals surface area contributed by atoms with Crippen molar-refractivity contribution in [2.24, 2.45) is 5.92 Å². The summed E-state index contributed by atoms with van der Waals surface area (Å²) >= 11 is 0. The predicted octanol–water partition coefficient (Wildman–Crippen LogP) is 2.85. The Hall–Kier alpha value is -1.81. The average Bonchev–Trinajstić information content (AvgIpc) is 2.90. The number of likely N-dealkylation sites (tertiary alicyclic amines) is 1. The number of amides is 1. The molecular formula is C16H20N2O2. The monoisotopic (exact) mass is 272 g/mol. The van der Waals surface area contributed by atoms with Crippen LogP contribution in [0, 0.1) is 5.92 Å². The van der Waals surface area contributed by atoms with Crippen LogP contribution in [0.4, 0.5) is 0 Å². The molecule has 1 saturated heterocycles. The van der Waals surface area contributed by atoms with Crippen LogP contribution in [0.15, 0.2) is 34.7 Å². The molecule has 20 heavy (non-hydrogen) atoms. The average molecular weight is 272 g/mol. The first kappa shape index (κ1) is 13.2. The van der Waals surface area contributed by atoms with Gasteiger partial charge in [0, 0.05) is 18.5 Å². The van der Waals surface area contributed by atoms with Gasteiger partial charge < -0.3 is 9.73 Å². The molecule has 3 rings (SSSR count). The van der Waals surface area contributed by atoms with Gasteiger partial charge in [0.1, 0.15) is 5.58 Å². The molecular weight excluding hydrogens is 252 g/mol. The van der Waals surface area contributed by atoms with Crippen molar-refractivity contribution >= 4 is 16.9 Å². The molecule has 1 aliphatic rings. The van der Waals surface area contributed by atoms with E-state index in [0.717, 1.165) is 30.0 Å². The summed E-state index contributed by atoms with van der Waals surface area (Å²) in [5, 5.41) is 3.90. The number of carbonyl (C=O) groups is 1. The van der Waals surface area contributed by atoms with E-state index in [-0.39, 0.29) is 5.91 Å². The van der Waals surface area contributed by atoms with Gasteiger partial charge in [-0.05, 0) is 30.9 Å². The molecule has 2 aromatic rings. The van der Waals surface area contributed by atoms with Crippen LogP contribution in [-0.4, -0.2) is 30.6 Å². The molecule has 0 unspecified atom stereocenters. The van der Waals surface area contributed by atoms with Crippen molar-refractivity contribution in [1.82, 2.24) is 10.2 Å². The zero-order valence-corrected chi connectivity index (χ0v) is 11.8. The quantitative estimate of drug-likeness (QED) is 0.934. The van der Waals surface area contributed by atoms with Crippen molar-refractivity contribution in [3.05, 3.63) is 36.1 Å². The Kier molecular flexibility index (Phi) is 3.74. The molecule has 1 amide bonds. The Morgan fingerprint density at radius 2 is 2.10 bits per heavy atom. The van der Waals surface area contributed by atoms with Gasteiger partial charge in [0.15, 0.2) is 5.76 Å². The number of rotatable bonds is 3. The van der Waals surface area contributed by atoms with Gasteiger partial charge in [-0.2, -0.15) is 0 Å². The summed E-state index contributed by atoms with van der Waals surface area (Å²) in [5.74, 6) is 1.05. The third-order valence-electron chi connectivity index (χ3n) is 3.99. The van der Waals surface area contributed by atoms with Crippen molar-refractivity contribution in [2.45, 2.75) is 19.8 Å². The number of benzene rings is 1. The molecule has 0 spiro atoms. The lowest BCUT2D eigenvalue weighted by Gasteiger charge is -2.29. The summed E-state index contributed by atoms with van der Waals surface area (Å²) in [6.45, 7) is 5.00. The fourth-order valence-electron chi connectivity index (χ4n) is 2.58. The van der Waals surface area contributed by atoms with Crippen molar-refractivity contribution in [3.8, 4) is 0 Å². The van der Waals surface area contributed by atoms with Crippen molar-refractivity contribution in [2.75, 3.05) is 19.8 Å². The molecule has 1 fully saturated rings. The molecule has 2 heterocycles. The van der Waals surface area contributed by atoms with Gasteiger partial charge >= 0.3 is 0 Å². The van der Waals surface area contributed by atoms with Crippen LogP contribution in [0.3, 0.4) is 0 Å². The first-order chi connectivity index (χ1) is 9.72. The highest BCUT2D eigenvalue weighted by molar-refractivity contribution is 5.95. The summed E-state index contributed by atoms with van der Waals surface area (Å²) in [6.07, 6.45) is 2.42. The summed E-state index contributed by atoms with van der Waals surface area (Å²) < 4.78 is 5.56. The SMILES string of the molecule is CC1CCN(CNC(=O)c2cc3ccccc3o2)CC1. The number of piperidine rings is 1. The molecule has 1 aromatic heterocycles. The van der Waals surface area contributed by atoms with Gasteiger partial charge in [-0.1, -0.05) is 25.1 Å². The highest BCUT2D eigenvalue weighted by atomic mass is 16.3. The number of para-hydroxylation sites is 1. The minimum absolute atomic E-state index is 0.139. The van der Waals surface area contributed by atoms with Crippen LogP contribution in [0.25, 0.3) is 11.0 Å². The van der Waals surface area contributed by atoms with Gasteiger partial charge in [0.05, 0.1) is 6.67 Å². The molecule has 0 radical (unpaired) electrons. The molecule has 4 heteroatoms. The maximum atomic E-state index is 12.1. The van der Waals surface area contributed by atoms with Crippen molar-refractivity contribution in [3.63, 3.8) is 0 Å². The number of hydrogen-bond donors (Lipinski definition) is 1. The Balaban J connectivity index is 1.59. The second-order valence-electron chi connectivity index (χ2n) is 5.61. The molecule has 1 aliphatic heterocycles. The van der Waals surface area contributed by atoms with E-state index in [0.29, 0.717) is 12.4 Å². The molecule has 0 saturated carbocycles. The second kappa shape index (κ2) is 5.67. The van der Waals surface area contributed by atoms with Crippen LogP contribution < -0.4 is 5.32 Å². The van der Waals surface area contributed by atoms with Crippen LogP contribution in [-0.2, 0) is 0 Å². The van der Waals surface area contributed by atoms with Gasteiger partial charge in [-0.25, -0.2) is 0 Å². The molecule has 106 valence electrons. The Morgan fingerprint density at radius 3 is 2.85 bits per heavy atom. The van der Waals surface area contributed by atoms with Gasteiger partial charge in [-0.15, -0.1) is 0 Å². The lowest BCUT2D eigenvalue weighted by atomic mass is 10.00. The minimum atomic E-state index is -0.139. The van der Waals surface area contributed by atoms with E-state index in [9.17, 15) is 4.79 Å². The molecule has 4 nitrogen and oxygen atoms in total. The van der Waals surface area contributed by atoms with Crippen molar-refractivity contribution < 1.29 is 9.21 Å². The van der Waals surface area contributed by atoms with Crippen molar-refractivity contribution in [1.29, 1.82) is 0 Å². The Labute approximate surface area is 118 Å². The fourth-order valence-corrected chi connectivity index (χ4v) is 2.58. The topological polar surface area (TPSA) is 45.5 Å². The lowest BCUT2D eigenvalue weighted by Crippen LogP contribution is -2.41. The smallest absolute Gasteiger partial charge is 0.288 e. The fraction of sp³-hybridized carbons (Fsp3) is 0.438. The molecule has 1 aromatic carbocycles. The standard InChI is InChI=1S/C16H20N2O2/c1-12-6-8-18(9-7-12)11-17-16(19)15-10-13-4-2-3-5-14(13)20-15/h2-5,10,12H,6-9,11H2,1H3,(H,17,19). The first-order valence-corrected chi connectivity index (χ1v) is 7.21. The number of nitrogens with one attached hydrogen (secondary N) is 1. The summed E-state index contributed by atoms with van der Waals surface area (Å²) in [7, 11) is 0. The van der Waals surface area contributed by atoms with E-state index < -0.39 is 0 Å². The molecule has 0 bridgehead atoms. The highest BCUT2D eigenvalue weighted by Crippen LogP contribution is 2.19. The molecule has 0 aliphatic carbocycles. The minimum Gasteiger partial charge on any atom is -0.451 e. The zero-order chi connectivity index (χ0) is 13.9. The summed E-state index contributed by atoms with van der Waals surface area (Å²) in [6, 6.07) is 9.46. The molecule has 0 atom stereocenters. The van der Waals surface area contributed by atoms with E-state index in [1.165, 1.54) is 12.8 Å². The van der Waals surface area contributed by atoms with Crippen LogP contribution in [0.1, 0.15) is 30.3 Å². The highest BCUT2D eigenvalue weighted by Gasteiger charge is 2.17. The third kappa shape index (κ3) is 2.85. The van der Waals surface area contributed by atoms with Crippen LogP contribution in [0.2, 0.25) is 0 Å². The number of furan rings is 1. The number of nitrogens with zero attached hydrogens (tertiary/aromatic N) is 1.